The van der Waals surface area contributed by atoms with E-state index < -0.39 is 0 Å². The maximum absolute atomic E-state index is 5.89. The van der Waals surface area contributed by atoms with Crippen molar-refractivity contribution in [2.24, 2.45) is 0 Å². The van der Waals surface area contributed by atoms with E-state index in [1.807, 2.05) is 19.1 Å². The van der Waals surface area contributed by atoms with Crippen LogP contribution in [0.1, 0.15) is 11.1 Å². The summed E-state index contributed by atoms with van der Waals surface area (Å²) >= 11 is 0. The van der Waals surface area contributed by atoms with Gasteiger partial charge in [-0.25, -0.2) is 4.68 Å². The van der Waals surface area contributed by atoms with Gasteiger partial charge in [-0.2, -0.15) is 5.10 Å². The fourth-order valence-corrected chi connectivity index (χ4v) is 1.41. The summed E-state index contributed by atoms with van der Waals surface area (Å²) in [6, 6.07) is 8.11. The molecule has 0 unspecified atom stereocenters. The molecule has 0 aliphatic carbocycles. The van der Waals surface area contributed by atoms with Crippen molar-refractivity contribution in [1.82, 2.24) is 9.78 Å². The van der Waals surface area contributed by atoms with E-state index >= 15 is 0 Å². The van der Waals surface area contributed by atoms with Crippen LogP contribution in [0.5, 0.6) is 0 Å². The monoisotopic (exact) mass is 187 g/mol. The Balaban J connectivity index is 2.55. The zero-order valence-electron chi connectivity index (χ0n) is 8.36. The first-order valence-corrected chi connectivity index (χ1v) is 4.55. The first kappa shape index (κ1) is 8.81. The Hall–Kier alpha value is -1.77. The number of anilines is 1. The summed E-state index contributed by atoms with van der Waals surface area (Å²) in [4.78, 5) is 0. The van der Waals surface area contributed by atoms with E-state index in [1.165, 1.54) is 5.56 Å². The molecule has 3 nitrogen and oxygen atoms in total. The van der Waals surface area contributed by atoms with E-state index in [0.717, 1.165) is 11.3 Å². The number of nitrogens with zero attached hydrogens (tertiary/aromatic N) is 2. The molecule has 0 bridgehead atoms. The van der Waals surface area contributed by atoms with E-state index in [2.05, 4.69) is 24.2 Å². The Labute approximate surface area is 83.2 Å². The van der Waals surface area contributed by atoms with Crippen LogP contribution < -0.4 is 5.73 Å². The van der Waals surface area contributed by atoms with Gasteiger partial charge in [0.2, 0.25) is 0 Å². The van der Waals surface area contributed by atoms with Crippen molar-refractivity contribution in [3.63, 3.8) is 0 Å². The molecule has 2 aromatic rings. The maximum Gasteiger partial charge on any atom is 0.130 e. The minimum absolute atomic E-state index is 0.704. The van der Waals surface area contributed by atoms with E-state index in [0.29, 0.717) is 5.82 Å². The molecule has 1 aromatic heterocycles. The van der Waals surface area contributed by atoms with Crippen LogP contribution in [0.3, 0.4) is 0 Å². The average molecular weight is 187 g/mol. The highest BCUT2D eigenvalue weighted by Crippen LogP contribution is 2.16. The second kappa shape index (κ2) is 3.18. The SMILES string of the molecule is Cc1cccc(-n2ncc(C)c2N)c1. The van der Waals surface area contributed by atoms with Crippen molar-refractivity contribution < 1.29 is 0 Å². The number of aryl methyl sites for hydroxylation is 2. The molecule has 0 radical (unpaired) electrons. The highest BCUT2D eigenvalue weighted by molar-refractivity contribution is 5.47. The lowest BCUT2D eigenvalue weighted by Crippen LogP contribution is -2.02. The van der Waals surface area contributed by atoms with Crippen LogP contribution in [0.2, 0.25) is 0 Å². The quantitative estimate of drug-likeness (QED) is 0.742. The van der Waals surface area contributed by atoms with Gasteiger partial charge in [-0.15, -0.1) is 0 Å². The lowest BCUT2D eigenvalue weighted by Gasteiger charge is -2.04. The van der Waals surface area contributed by atoms with Crippen molar-refractivity contribution >= 4 is 5.82 Å². The molecule has 0 aliphatic heterocycles. The Morgan fingerprint density at radius 1 is 1.29 bits per heavy atom. The van der Waals surface area contributed by atoms with Crippen LogP contribution in [0.15, 0.2) is 30.5 Å². The van der Waals surface area contributed by atoms with E-state index in [1.54, 1.807) is 10.9 Å². The van der Waals surface area contributed by atoms with Gasteiger partial charge in [-0.05, 0) is 31.5 Å². The molecule has 3 heteroatoms. The zero-order chi connectivity index (χ0) is 10.1. The van der Waals surface area contributed by atoms with E-state index in [-0.39, 0.29) is 0 Å². The average Bonchev–Trinajstić information content (AvgIpc) is 2.48. The standard InChI is InChI=1S/C11H13N3/c1-8-4-3-5-10(6-8)14-11(12)9(2)7-13-14/h3-7H,12H2,1-2H3. The molecule has 72 valence electrons. The van der Waals surface area contributed by atoms with Crippen molar-refractivity contribution in [3.8, 4) is 5.69 Å². The molecule has 0 spiro atoms. The van der Waals surface area contributed by atoms with Gasteiger partial charge in [0.1, 0.15) is 5.82 Å². The fraction of sp³-hybridized carbons (Fsp3) is 0.182. The molecule has 0 amide bonds. The van der Waals surface area contributed by atoms with Gasteiger partial charge in [-0.1, -0.05) is 12.1 Å². The molecule has 1 heterocycles. The normalized spacial score (nSPS) is 10.4. The molecule has 0 saturated heterocycles. The summed E-state index contributed by atoms with van der Waals surface area (Å²) in [6.45, 7) is 4.00. The number of nitrogen functional groups attached to an aromatic ring is 1. The highest BCUT2D eigenvalue weighted by atomic mass is 15.3. The lowest BCUT2D eigenvalue weighted by molar-refractivity contribution is 0.890. The molecule has 0 fully saturated rings. The minimum atomic E-state index is 0.704. The second-order valence-electron chi connectivity index (χ2n) is 3.46. The van der Waals surface area contributed by atoms with Crippen LogP contribution in [-0.4, -0.2) is 9.78 Å². The number of hydrogen-bond acceptors (Lipinski definition) is 2. The Morgan fingerprint density at radius 2 is 2.07 bits per heavy atom. The lowest BCUT2D eigenvalue weighted by atomic mass is 10.2. The summed E-state index contributed by atoms with van der Waals surface area (Å²) in [5.74, 6) is 0.704. The number of rotatable bonds is 1. The first-order valence-electron chi connectivity index (χ1n) is 4.55. The van der Waals surface area contributed by atoms with Gasteiger partial charge in [-0.3, -0.25) is 0 Å². The van der Waals surface area contributed by atoms with Crippen molar-refractivity contribution in [2.75, 3.05) is 5.73 Å². The van der Waals surface area contributed by atoms with Crippen LogP contribution in [-0.2, 0) is 0 Å². The molecule has 2 rings (SSSR count). The van der Waals surface area contributed by atoms with E-state index in [4.69, 9.17) is 5.73 Å². The summed E-state index contributed by atoms with van der Waals surface area (Å²) in [5.41, 5.74) is 9.10. The van der Waals surface area contributed by atoms with Crippen molar-refractivity contribution in [2.45, 2.75) is 13.8 Å². The predicted molar refractivity (Wildman–Crippen MR) is 57.5 cm³/mol. The third-order valence-electron chi connectivity index (χ3n) is 2.25. The summed E-state index contributed by atoms with van der Waals surface area (Å²) in [5, 5.41) is 4.22. The highest BCUT2D eigenvalue weighted by Gasteiger charge is 2.04. The zero-order valence-corrected chi connectivity index (χ0v) is 8.36. The Bertz CT molecular complexity index is 457. The van der Waals surface area contributed by atoms with Gasteiger partial charge < -0.3 is 5.73 Å². The van der Waals surface area contributed by atoms with Crippen molar-refractivity contribution in [1.29, 1.82) is 0 Å². The predicted octanol–water partition coefficient (Wildman–Crippen LogP) is 2.07. The largest absolute Gasteiger partial charge is 0.383 e. The van der Waals surface area contributed by atoms with Crippen molar-refractivity contribution in [3.05, 3.63) is 41.6 Å². The molecule has 0 atom stereocenters. The third-order valence-corrected chi connectivity index (χ3v) is 2.25. The Kier molecular flexibility index (Phi) is 2.00. The molecule has 2 N–H and O–H groups in total. The van der Waals surface area contributed by atoms with Crippen LogP contribution in [0.4, 0.5) is 5.82 Å². The first-order chi connectivity index (χ1) is 6.68. The molecule has 0 aliphatic rings. The summed E-state index contributed by atoms with van der Waals surface area (Å²) in [7, 11) is 0. The van der Waals surface area contributed by atoms with Gasteiger partial charge in [0.05, 0.1) is 11.9 Å². The van der Waals surface area contributed by atoms with Gasteiger partial charge in [0.25, 0.3) is 0 Å². The fourth-order valence-electron chi connectivity index (χ4n) is 1.41. The Morgan fingerprint density at radius 3 is 2.64 bits per heavy atom. The van der Waals surface area contributed by atoms with Gasteiger partial charge in [0, 0.05) is 5.56 Å². The van der Waals surface area contributed by atoms with Gasteiger partial charge >= 0.3 is 0 Å². The molecular formula is C11H13N3. The third kappa shape index (κ3) is 1.37. The van der Waals surface area contributed by atoms with Crippen LogP contribution >= 0.6 is 0 Å². The maximum atomic E-state index is 5.89. The topological polar surface area (TPSA) is 43.8 Å². The summed E-state index contributed by atoms with van der Waals surface area (Å²) < 4.78 is 1.75. The van der Waals surface area contributed by atoms with Crippen LogP contribution in [0.25, 0.3) is 5.69 Å². The number of nitrogens with two attached hydrogens (primary N) is 1. The number of aromatic nitrogens is 2. The number of benzene rings is 1. The second-order valence-corrected chi connectivity index (χ2v) is 3.46. The molecular weight excluding hydrogens is 174 g/mol. The molecule has 1 aromatic carbocycles. The van der Waals surface area contributed by atoms with Gasteiger partial charge in [0.15, 0.2) is 0 Å². The molecule has 14 heavy (non-hydrogen) atoms. The number of hydrogen-bond donors (Lipinski definition) is 1. The minimum Gasteiger partial charge on any atom is -0.383 e. The smallest absolute Gasteiger partial charge is 0.130 e. The molecule has 0 saturated carbocycles. The van der Waals surface area contributed by atoms with Crippen LogP contribution in [0, 0.1) is 13.8 Å². The summed E-state index contributed by atoms with van der Waals surface area (Å²) in [6.07, 6.45) is 1.78. The van der Waals surface area contributed by atoms with E-state index in [9.17, 15) is 0 Å².